The normalized spacial score (nSPS) is 15.8. The van der Waals surface area contributed by atoms with Gasteiger partial charge in [0.1, 0.15) is 17.9 Å². The molecule has 148 valence electrons. The van der Waals surface area contributed by atoms with Gasteiger partial charge in [-0.3, -0.25) is 14.2 Å². The molecule has 1 amide bonds. The lowest BCUT2D eigenvalue weighted by atomic mass is 10.1. The van der Waals surface area contributed by atoms with Gasteiger partial charge in [-0.05, 0) is 37.5 Å². The molecule has 1 N–H and O–H groups in total. The number of nitrogens with zero attached hydrogens (tertiary/aromatic N) is 5. The molecular formula is C20H20N6O3. The maximum Gasteiger partial charge on any atom is 0.274 e. The number of aromatic nitrogens is 5. The van der Waals surface area contributed by atoms with Crippen molar-refractivity contribution in [2.24, 2.45) is 0 Å². The number of pyridine rings is 1. The van der Waals surface area contributed by atoms with Crippen LogP contribution in [0.4, 0.5) is 0 Å². The first-order valence-corrected chi connectivity index (χ1v) is 9.35. The molecule has 0 spiro atoms. The molecule has 29 heavy (non-hydrogen) atoms. The highest BCUT2D eigenvalue weighted by Crippen LogP contribution is 2.25. The van der Waals surface area contributed by atoms with Crippen LogP contribution in [0.1, 0.15) is 41.6 Å². The van der Waals surface area contributed by atoms with Crippen LogP contribution in [0.5, 0.6) is 5.75 Å². The van der Waals surface area contributed by atoms with Gasteiger partial charge in [0.05, 0.1) is 24.5 Å². The molecule has 1 aliphatic rings. The Hall–Kier alpha value is -3.62. The molecule has 0 bridgehead atoms. The average molecular weight is 392 g/mol. The summed E-state index contributed by atoms with van der Waals surface area (Å²) >= 11 is 0. The van der Waals surface area contributed by atoms with Gasteiger partial charge in [-0.2, -0.15) is 0 Å². The Morgan fingerprint density at radius 2 is 2.10 bits per heavy atom. The van der Waals surface area contributed by atoms with Crippen molar-refractivity contribution in [2.45, 2.75) is 31.8 Å². The van der Waals surface area contributed by atoms with Crippen LogP contribution in [0.25, 0.3) is 11.4 Å². The molecule has 1 atom stereocenters. The summed E-state index contributed by atoms with van der Waals surface area (Å²) < 4.78 is 6.86. The maximum absolute atomic E-state index is 12.9. The zero-order chi connectivity index (χ0) is 20.2. The van der Waals surface area contributed by atoms with Crippen molar-refractivity contribution in [1.29, 1.82) is 0 Å². The summed E-state index contributed by atoms with van der Waals surface area (Å²) in [4.78, 5) is 42.5. The van der Waals surface area contributed by atoms with Crippen LogP contribution in [-0.2, 0) is 6.54 Å². The summed E-state index contributed by atoms with van der Waals surface area (Å²) in [6.07, 6.45) is 6.90. The predicted molar refractivity (Wildman–Crippen MR) is 104 cm³/mol. The molecule has 0 aromatic carbocycles. The molecule has 0 aliphatic carbocycles. The van der Waals surface area contributed by atoms with Gasteiger partial charge < -0.3 is 10.1 Å². The van der Waals surface area contributed by atoms with Crippen LogP contribution in [0, 0.1) is 0 Å². The number of rotatable bonds is 4. The summed E-state index contributed by atoms with van der Waals surface area (Å²) in [6, 6.07) is 6.12. The van der Waals surface area contributed by atoms with E-state index in [4.69, 9.17) is 4.74 Å². The highest BCUT2D eigenvalue weighted by Gasteiger charge is 2.26. The van der Waals surface area contributed by atoms with E-state index in [2.05, 4.69) is 25.3 Å². The Morgan fingerprint density at radius 3 is 2.90 bits per heavy atom. The average Bonchev–Trinajstić information content (AvgIpc) is 2.97. The number of methoxy groups -OCH3 is 1. The molecule has 4 heterocycles. The van der Waals surface area contributed by atoms with Gasteiger partial charge in [-0.25, -0.2) is 19.9 Å². The van der Waals surface area contributed by atoms with Crippen molar-refractivity contribution < 1.29 is 9.53 Å². The van der Waals surface area contributed by atoms with Crippen LogP contribution < -0.4 is 15.6 Å². The van der Waals surface area contributed by atoms with E-state index in [1.807, 2.05) is 0 Å². The lowest BCUT2D eigenvalue weighted by Gasteiger charge is -2.20. The second kappa shape index (κ2) is 8.17. The van der Waals surface area contributed by atoms with Crippen LogP contribution in [0.3, 0.4) is 0 Å². The quantitative estimate of drug-likeness (QED) is 0.720. The predicted octanol–water partition coefficient (Wildman–Crippen LogP) is 1.76. The SMILES string of the molecule is COc1cccnc1C(=O)NC1CCCCn2c1nc(-c1ccncn1)cc2=O. The zero-order valence-corrected chi connectivity index (χ0v) is 15.9. The van der Waals surface area contributed by atoms with Crippen LogP contribution in [0.15, 0.2) is 47.8 Å². The van der Waals surface area contributed by atoms with Crippen molar-refractivity contribution in [3.63, 3.8) is 0 Å². The number of hydrogen-bond donors (Lipinski definition) is 1. The van der Waals surface area contributed by atoms with E-state index in [1.165, 1.54) is 25.7 Å². The second-order valence-corrected chi connectivity index (χ2v) is 6.66. The minimum absolute atomic E-state index is 0.167. The minimum atomic E-state index is -0.425. The van der Waals surface area contributed by atoms with Crippen molar-refractivity contribution in [2.75, 3.05) is 7.11 Å². The first-order chi connectivity index (χ1) is 14.2. The van der Waals surface area contributed by atoms with Gasteiger partial charge in [0.15, 0.2) is 5.69 Å². The number of carbonyl (C=O) groups is 1. The number of fused-ring (bicyclic) bond motifs is 1. The van der Waals surface area contributed by atoms with E-state index in [1.54, 1.807) is 29.0 Å². The van der Waals surface area contributed by atoms with Gasteiger partial charge in [-0.15, -0.1) is 0 Å². The largest absolute Gasteiger partial charge is 0.494 e. The highest BCUT2D eigenvalue weighted by atomic mass is 16.5. The van der Waals surface area contributed by atoms with Crippen LogP contribution in [-0.4, -0.2) is 37.5 Å². The number of ether oxygens (including phenoxy) is 1. The third-order valence-electron chi connectivity index (χ3n) is 4.83. The molecule has 1 unspecified atom stereocenters. The number of amides is 1. The van der Waals surface area contributed by atoms with Gasteiger partial charge in [0.2, 0.25) is 0 Å². The summed E-state index contributed by atoms with van der Waals surface area (Å²) in [5.41, 5.74) is 1.04. The van der Waals surface area contributed by atoms with Gasteiger partial charge in [-0.1, -0.05) is 0 Å². The van der Waals surface area contributed by atoms with E-state index >= 15 is 0 Å². The van der Waals surface area contributed by atoms with E-state index < -0.39 is 6.04 Å². The first kappa shape index (κ1) is 18.7. The molecule has 1 aliphatic heterocycles. The molecule has 9 nitrogen and oxygen atoms in total. The molecule has 4 rings (SSSR count). The Bertz CT molecular complexity index is 1080. The highest BCUT2D eigenvalue weighted by molar-refractivity contribution is 5.95. The van der Waals surface area contributed by atoms with Gasteiger partial charge in [0.25, 0.3) is 11.5 Å². The van der Waals surface area contributed by atoms with Crippen LogP contribution >= 0.6 is 0 Å². The maximum atomic E-state index is 12.9. The summed E-state index contributed by atoms with van der Waals surface area (Å²) in [7, 11) is 1.49. The molecule has 0 radical (unpaired) electrons. The fourth-order valence-electron chi connectivity index (χ4n) is 3.42. The first-order valence-electron chi connectivity index (χ1n) is 9.35. The number of carbonyl (C=O) groups excluding carboxylic acids is 1. The second-order valence-electron chi connectivity index (χ2n) is 6.66. The standard InChI is InChI=1S/C20H20N6O3/c1-29-16-6-4-8-22-18(16)20(28)25-14-5-2-3-10-26-17(27)11-15(24-19(14)26)13-7-9-21-12-23-13/h4,6-9,11-12,14H,2-3,5,10H2,1H3,(H,25,28). The lowest BCUT2D eigenvalue weighted by molar-refractivity contribution is 0.0924. The topological polar surface area (TPSA) is 112 Å². The van der Waals surface area contributed by atoms with Crippen molar-refractivity contribution in [3.05, 3.63) is 64.9 Å². The third kappa shape index (κ3) is 3.84. The fourth-order valence-corrected chi connectivity index (χ4v) is 3.42. The summed E-state index contributed by atoms with van der Waals surface area (Å²) in [6.45, 7) is 0.560. The molecule has 3 aromatic heterocycles. The lowest BCUT2D eigenvalue weighted by Crippen LogP contribution is -2.34. The van der Waals surface area contributed by atoms with Gasteiger partial charge >= 0.3 is 0 Å². The number of nitrogens with one attached hydrogen (secondary N) is 1. The molecular weight excluding hydrogens is 372 g/mol. The Labute approximate surface area is 166 Å². The molecule has 0 fully saturated rings. The molecule has 0 saturated heterocycles. The number of hydrogen-bond acceptors (Lipinski definition) is 7. The Balaban J connectivity index is 1.72. The van der Waals surface area contributed by atoms with Crippen molar-refractivity contribution >= 4 is 5.91 Å². The van der Waals surface area contributed by atoms with E-state index in [0.29, 0.717) is 35.9 Å². The third-order valence-corrected chi connectivity index (χ3v) is 4.83. The minimum Gasteiger partial charge on any atom is -0.494 e. The summed E-state index contributed by atoms with van der Waals surface area (Å²) in [5.74, 6) is 0.535. The Morgan fingerprint density at radius 1 is 1.21 bits per heavy atom. The van der Waals surface area contributed by atoms with E-state index in [9.17, 15) is 9.59 Å². The fraction of sp³-hybridized carbons (Fsp3) is 0.300. The summed E-state index contributed by atoms with van der Waals surface area (Å²) in [5, 5.41) is 2.98. The van der Waals surface area contributed by atoms with Crippen molar-refractivity contribution in [3.8, 4) is 17.1 Å². The molecule has 9 heteroatoms. The monoisotopic (exact) mass is 392 g/mol. The zero-order valence-electron chi connectivity index (χ0n) is 15.9. The molecule has 3 aromatic rings. The smallest absolute Gasteiger partial charge is 0.274 e. The van der Waals surface area contributed by atoms with Gasteiger partial charge in [0, 0.05) is 25.0 Å². The Kier molecular flexibility index (Phi) is 5.28. The molecule has 0 saturated carbocycles. The van der Waals surface area contributed by atoms with E-state index in [0.717, 1.165) is 12.8 Å². The van der Waals surface area contributed by atoms with Crippen molar-refractivity contribution in [1.82, 2.24) is 29.8 Å². The van der Waals surface area contributed by atoms with Crippen LogP contribution in [0.2, 0.25) is 0 Å². The van der Waals surface area contributed by atoms with E-state index in [-0.39, 0.29) is 17.2 Å².